The van der Waals surface area contributed by atoms with Crippen molar-refractivity contribution in [2.24, 2.45) is 0 Å². The third-order valence-electron chi connectivity index (χ3n) is 3.51. The summed E-state index contributed by atoms with van der Waals surface area (Å²) in [6.45, 7) is 5.04. The van der Waals surface area contributed by atoms with Crippen molar-refractivity contribution in [2.45, 2.75) is 64.9 Å². The number of ketones is 1. The van der Waals surface area contributed by atoms with Crippen LogP contribution < -0.4 is 0 Å². The highest BCUT2D eigenvalue weighted by Crippen LogP contribution is 2.09. The second kappa shape index (κ2) is 10.6. The van der Waals surface area contributed by atoms with Crippen LogP contribution in [0.3, 0.4) is 0 Å². The van der Waals surface area contributed by atoms with E-state index < -0.39 is 0 Å². The zero-order valence-electron chi connectivity index (χ0n) is 12.9. The van der Waals surface area contributed by atoms with Crippen LogP contribution in [-0.4, -0.2) is 18.5 Å². The van der Waals surface area contributed by atoms with Crippen LogP contribution in [0, 0.1) is 0 Å². The molecule has 0 saturated heterocycles. The lowest BCUT2D eigenvalue weighted by Gasteiger charge is -2.12. The molecular weight excluding hydrogens is 248 g/mol. The molecule has 0 radical (unpaired) electrons. The summed E-state index contributed by atoms with van der Waals surface area (Å²) in [6.07, 6.45) is 7.98. The number of benzene rings is 1. The molecule has 0 aliphatic carbocycles. The molecule has 1 atom stereocenters. The third-order valence-corrected chi connectivity index (χ3v) is 3.51. The SMILES string of the molecule is CCCCCCC(C)OCCCC(=O)c1ccccc1. The number of ether oxygens (including phenoxy) is 1. The van der Waals surface area contributed by atoms with Gasteiger partial charge < -0.3 is 4.74 Å². The van der Waals surface area contributed by atoms with Crippen molar-refractivity contribution in [1.29, 1.82) is 0 Å². The van der Waals surface area contributed by atoms with Gasteiger partial charge in [0.15, 0.2) is 5.78 Å². The van der Waals surface area contributed by atoms with Crippen LogP contribution in [0.5, 0.6) is 0 Å². The van der Waals surface area contributed by atoms with E-state index in [1.54, 1.807) is 0 Å². The van der Waals surface area contributed by atoms with Crippen molar-refractivity contribution in [3.05, 3.63) is 35.9 Å². The van der Waals surface area contributed by atoms with Crippen LogP contribution in [0.2, 0.25) is 0 Å². The standard InChI is InChI=1S/C18H28O2/c1-3-4-5-7-11-16(2)20-15-10-14-18(19)17-12-8-6-9-13-17/h6,8-9,12-13,16H,3-5,7,10-11,14-15H2,1-2H3. The maximum Gasteiger partial charge on any atom is 0.162 e. The molecule has 0 saturated carbocycles. The summed E-state index contributed by atoms with van der Waals surface area (Å²) >= 11 is 0. The maximum absolute atomic E-state index is 11.9. The van der Waals surface area contributed by atoms with Gasteiger partial charge in [-0.1, -0.05) is 62.9 Å². The van der Waals surface area contributed by atoms with E-state index in [4.69, 9.17) is 4.74 Å². The molecule has 0 fully saturated rings. The molecule has 0 aliphatic heterocycles. The zero-order chi connectivity index (χ0) is 14.6. The van der Waals surface area contributed by atoms with Crippen molar-refractivity contribution < 1.29 is 9.53 Å². The molecule has 0 spiro atoms. The summed E-state index contributed by atoms with van der Waals surface area (Å²) in [5.41, 5.74) is 0.806. The van der Waals surface area contributed by atoms with E-state index in [2.05, 4.69) is 13.8 Å². The number of carbonyl (C=O) groups excluding carboxylic acids is 1. The average molecular weight is 276 g/mol. The van der Waals surface area contributed by atoms with E-state index in [1.165, 1.54) is 25.7 Å². The van der Waals surface area contributed by atoms with Crippen molar-refractivity contribution in [3.8, 4) is 0 Å². The Morgan fingerprint density at radius 3 is 2.55 bits per heavy atom. The van der Waals surface area contributed by atoms with Gasteiger partial charge in [0.05, 0.1) is 6.10 Å². The van der Waals surface area contributed by atoms with E-state index in [0.717, 1.165) is 18.4 Å². The smallest absolute Gasteiger partial charge is 0.162 e. The summed E-state index contributed by atoms with van der Waals surface area (Å²) in [7, 11) is 0. The first-order valence-corrected chi connectivity index (χ1v) is 7.94. The minimum absolute atomic E-state index is 0.213. The van der Waals surface area contributed by atoms with Gasteiger partial charge in [-0.25, -0.2) is 0 Å². The Bertz CT molecular complexity index is 359. The first kappa shape index (κ1) is 16.9. The monoisotopic (exact) mass is 276 g/mol. The van der Waals surface area contributed by atoms with E-state index >= 15 is 0 Å². The Balaban J connectivity index is 2.05. The van der Waals surface area contributed by atoms with Crippen molar-refractivity contribution >= 4 is 5.78 Å². The fourth-order valence-corrected chi connectivity index (χ4v) is 2.23. The van der Waals surface area contributed by atoms with Crippen molar-refractivity contribution in [2.75, 3.05) is 6.61 Å². The Morgan fingerprint density at radius 1 is 1.10 bits per heavy atom. The lowest BCUT2D eigenvalue weighted by Crippen LogP contribution is -2.10. The molecule has 2 heteroatoms. The van der Waals surface area contributed by atoms with E-state index in [0.29, 0.717) is 19.1 Å². The predicted molar refractivity (Wildman–Crippen MR) is 84.2 cm³/mol. The van der Waals surface area contributed by atoms with Gasteiger partial charge in [0, 0.05) is 18.6 Å². The lowest BCUT2D eigenvalue weighted by atomic mass is 10.1. The van der Waals surface area contributed by atoms with Crippen LogP contribution in [0.25, 0.3) is 0 Å². The number of rotatable bonds is 11. The molecule has 0 amide bonds. The number of Topliss-reactive ketones (excluding diaryl/α,β-unsaturated/α-hetero) is 1. The molecule has 1 unspecified atom stereocenters. The molecule has 0 N–H and O–H groups in total. The van der Waals surface area contributed by atoms with Gasteiger partial charge in [-0.15, -0.1) is 0 Å². The Kier molecular flexibility index (Phi) is 8.97. The minimum Gasteiger partial charge on any atom is -0.378 e. The van der Waals surface area contributed by atoms with Gasteiger partial charge in [0.1, 0.15) is 0 Å². The van der Waals surface area contributed by atoms with E-state index in [9.17, 15) is 4.79 Å². The van der Waals surface area contributed by atoms with Crippen LogP contribution in [-0.2, 0) is 4.74 Å². The topological polar surface area (TPSA) is 26.3 Å². The van der Waals surface area contributed by atoms with Gasteiger partial charge in [-0.3, -0.25) is 4.79 Å². The summed E-state index contributed by atoms with van der Waals surface area (Å²) in [4.78, 5) is 11.9. The average Bonchev–Trinajstić information content (AvgIpc) is 2.49. The zero-order valence-corrected chi connectivity index (χ0v) is 12.9. The van der Waals surface area contributed by atoms with Crippen molar-refractivity contribution in [3.63, 3.8) is 0 Å². The molecule has 0 bridgehead atoms. The van der Waals surface area contributed by atoms with Crippen LogP contribution >= 0.6 is 0 Å². The molecule has 1 aromatic rings. The Morgan fingerprint density at radius 2 is 1.85 bits per heavy atom. The minimum atomic E-state index is 0.213. The molecule has 112 valence electrons. The quantitative estimate of drug-likeness (QED) is 0.419. The summed E-state index contributed by atoms with van der Waals surface area (Å²) in [6, 6.07) is 9.49. The molecule has 0 heterocycles. The van der Waals surface area contributed by atoms with E-state index in [-0.39, 0.29) is 5.78 Å². The van der Waals surface area contributed by atoms with Crippen molar-refractivity contribution in [1.82, 2.24) is 0 Å². The van der Waals surface area contributed by atoms with Gasteiger partial charge in [-0.05, 0) is 19.8 Å². The summed E-state index contributed by atoms with van der Waals surface area (Å²) in [5, 5.41) is 0. The van der Waals surface area contributed by atoms with Crippen LogP contribution in [0.4, 0.5) is 0 Å². The molecule has 2 nitrogen and oxygen atoms in total. The van der Waals surface area contributed by atoms with Gasteiger partial charge in [-0.2, -0.15) is 0 Å². The Hall–Kier alpha value is -1.15. The predicted octanol–water partition coefficient (Wildman–Crippen LogP) is 5.03. The van der Waals surface area contributed by atoms with E-state index in [1.807, 2.05) is 30.3 Å². The number of unbranched alkanes of at least 4 members (excludes halogenated alkanes) is 3. The first-order chi connectivity index (χ1) is 9.74. The summed E-state index contributed by atoms with van der Waals surface area (Å²) in [5.74, 6) is 0.213. The summed E-state index contributed by atoms with van der Waals surface area (Å²) < 4.78 is 5.76. The number of hydrogen-bond donors (Lipinski definition) is 0. The van der Waals surface area contributed by atoms with Gasteiger partial charge >= 0.3 is 0 Å². The highest BCUT2D eigenvalue weighted by atomic mass is 16.5. The second-order valence-electron chi connectivity index (χ2n) is 5.42. The largest absolute Gasteiger partial charge is 0.378 e. The Labute approximate surface area is 123 Å². The molecule has 1 aromatic carbocycles. The fraction of sp³-hybridized carbons (Fsp3) is 0.611. The second-order valence-corrected chi connectivity index (χ2v) is 5.42. The first-order valence-electron chi connectivity index (χ1n) is 7.94. The molecule has 0 aliphatic rings. The maximum atomic E-state index is 11.9. The molecular formula is C18H28O2. The molecule has 1 rings (SSSR count). The van der Waals surface area contributed by atoms with Gasteiger partial charge in [0.25, 0.3) is 0 Å². The van der Waals surface area contributed by atoms with Crippen LogP contribution in [0.1, 0.15) is 69.2 Å². The molecule has 20 heavy (non-hydrogen) atoms. The fourth-order valence-electron chi connectivity index (χ4n) is 2.23. The lowest BCUT2D eigenvalue weighted by molar-refractivity contribution is 0.0546. The number of hydrogen-bond acceptors (Lipinski definition) is 2. The van der Waals surface area contributed by atoms with Crippen LogP contribution in [0.15, 0.2) is 30.3 Å². The molecule has 0 aromatic heterocycles. The van der Waals surface area contributed by atoms with Gasteiger partial charge in [0.2, 0.25) is 0 Å². The highest BCUT2D eigenvalue weighted by Gasteiger charge is 2.06. The normalized spacial score (nSPS) is 12.3. The number of carbonyl (C=O) groups is 1. The highest BCUT2D eigenvalue weighted by molar-refractivity contribution is 5.95. The third kappa shape index (κ3) is 7.44.